The lowest BCUT2D eigenvalue weighted by atomic mass is 10.0. The van der Waals surface area contributed by atoms with Gasteiger partial charge in [0, 0.05) is 0 Å². The van der Waals surface area contributed by atoms with E-state index in [-0.39, 0.29) is 5.78 Å². The third kappa shape index (κ3) is 2.82. The minimum absolute atomic E-state index is 0.0452. The molecule has 0 aliphatic rings. The zero-order chi connectivity index (χ0) is 10.6. The van der Waals surface area contributed by atoms with Crippen molar-refractivity contribution in [2.75, 3.05) is 0 Å². The van der Waals surface area contributed by atoms with Crippen molar-refractivity contribution >= 4 is 5.78 Å². The Hall–Kier alpha value is -1.41. The van der Waals surface area contributed by atoms with Crippen LogP contribution in [0.3, 0.4) is 0 Å². The summed E-state index contributed by atoms with van der Waals surface area (Å²) in [4.78, 5) is 11.6. The van der Waals surface area contributed by atoms with Crippen LogP contribution in [0.15, 0.2) is 42.0 Å². The number of carbonyl (C=O) groups excluding carboxylic acids is 1. The second-order valence-corrected chi connectivity index (χ2v) is 3.51. The lowest BCUT2D eigenvalue weighted by Gasteiger charge is -2.07. The first-order chi connectivity index (χ1) is 6.61. The Morgan fingerprint density at radius 1 is 1.29 bits per heavy atom. The average molecular weight is 189 g/mol. The highest BCUT2D eigenvalue weighted by Crippen LogP contribution is 2.11. The van der Waals surface area contributed by atoms with Crippen LogP contribution in [-0.2, 0) is 4.79 Å². The van der Waals surface area contributed by atoms with Crippen LogP contribution in [-0.4, -0.2) is 5.78 Å². The molecule has 1 unspecified atom stereocenters. The number of hydrogen-bond donors (Lipinski definition) is 1. The van der Waals surface area contributed by atoms with Gasteiger partial charge in [-0.2, -0.15) is 0 Å². The van der Waals surface area contributed by atoms with E-state index < -0.39 is 6.04 Å². The van der Waals surface area contributed by atoms with Gasteiger partial charge in [0.15, 0.2) is 5.78 Å². The zero-order valence-corrected chi connectivity index (χ0v) is 8.53. The predicted octanol–water partition coefficient (Wildman–Crippen LogP) is 2.22. The van der Waals surface area contributed by atoms with Crippen molar-refractivity contribution in [2.45, 2.75) is 19.9 Å². The molecule has 2 nitrogen and oxygen atoms in total. The van der Waals surface area contributed by atoms with Crippen molar-refractivity contribution in [1.29, 1.82) is 0 Å². The summed E-state index contributed by atoms with van der Waals surface area (Å²) < 4.78 is 0. The molecule has 1 atom stereocenters. The zero-order valence-electron chi connectivity index (χ0n) is 8.53. The Kier molecular flexibility index (Phi) is 3.60. The first-order valence-electron chi connectivity index (χ1n) is 4.60. The number of rotatable bonds is 3. The standard InChI is InChI=1S/C12H15NO/c1-9(2)8-11(14)12(13)10-6-4-3-5-7-10/h3-8,12H,13H2,1-2H3. The number of benzene rings is 1. The average Bonchev–Trinajstić information content (AvgIpc) is 2.17. The van der Waals surface area contributed by atoms with Crippen molar-refractivity contribution in [1.82, 2.24) is 0 Å². The lowest BCUT2D eigenvalue weighted by molar-refractivity contribution is -0.115. The molecule has 0 aliphatic heterocycles. The summed E-state index contributed by atoms with van der Waals surface area (Å²) in [6.07, 6.45) is 1.58. The molecule has 0 radical (unpaired) electrons. The molecule has 14 heavy (non-hydrogen) atoms. The molecule has 0 fully saturated rings. The molecule has 2 heteroatoms. The molecule has 0 amide bonds. The quantitative estimate of drug-likeness (QED) is 0.741. The molecule has 0 saturated heterocycles. The number of carbonyl (C=O) groups is 1. The van der Waals surface area contributed by atoms with Gasteiger partial charge in [0.1, 0.15) is 0 Å². The summed E-state index contributed by atoms with van der Waals surface area (Å²) in [5, 5.41) is 0. The van der Waals surface area contributed by atoms with E-state index in [1.807, 2.05) is 44.2 Å². The molecule has 1 aromatic rings. The second kappa shape index (κ2) is 4.72. The highest BCUT2D eigenvalue weighted by atomic mass is 16.1. The van der Waals surface area contributed by atoms with Crippen molar-refractivity contribution in [3.05, 3.63) is 47.5 Å². The van der Waals surface area contributed by atoms with Crippen LogP contribution in [0, 0.1) is 0 Å². The summed E-state index contributed by atoms with van der Waals surface area (Å²) >= 11 is 0. The molecular formula is C12H15NO. The smallest absolute Gasteiger partial charge is 0.176 e. The van der Waals surface area contributed by atoms with E-state index in [1.165, 1.54) is 0 Å². The summed E-state index contributed by atoms with van der Waals surface area (Å²) in [5.74, 6) is -0.0452. The highest BCUT2D eigenvalue weighted by Gasteiger charge is 2.12. The van der Waals surface area contributed by atoms with Gasteiger partial charge in [0.25, 0.3) is 0 Å². The molecular weight excluding hydrogens is 174 g/mol. The van der Waals surface area contributed by atoms with Gasteiger partial charge in [0.05, 0.1) is 6.04 Å². The first-order valence-corrected chi connectivity index (χ1v) is 4.60. The monoisotopic (exact) mass is 189 g/mol. The number of hydrogen-bond acceptors (Lipinski definition) is 2. The molecule has 0 spiro atoms. The Bertz CT molecular complexity index is 337. The topological polar surface area (TPSA) is 43.1 Å². The van der Waals surface area contributed by atoms with E-state index in [2.05, 4.69) is 0 Å². The SMILES string of the molecule is CC(C)=CC(=O)C(N)c1ccccc1. The first kappa shape index (κ1) is 10.7. The van der Waals surface area contributed by atoms with Crippen molar-refractivity contribution in [3.8, 4) is 0 Å². The number of allylic oxidation sites excluding steroid dienone is 1. The summed E-state index contributed by atoms with van der Waals surface area (Å²) in [6.45, 7) is 3.77. The third-order valence-corrected chi connectivity index (χ3v) is 1.90. The van der Waals surface area contributed by atoms with Crippen LogP contribution in [0.1, 0.15) is 25.5 Å². The highest BCUT2D eigenvalue weighted by molar-refractivity contribution is 5.95. The van der Waals surface area contributed by atoms with Gasteiger partial charge < -0.3 is 5.73 Å². The van der Waals surface area contributed by atoms with E-state index in [9.17, 15) is 4.79 Å². The van der Waals surface area contributed by atoms with Gasteiger partial charge in [-0.3, -0.25) is 4.79 Å². The normalized spacial score (nSPS) is 11.9. The molecule has 1 aromatic carbocycles. The van der Waals surface area contributed by atoms with E-state index in [0.717, 1.165) is 11.1 Å². The van der Waals surface area contributed by atoms with E-state index in [1.54, 1.807) is 6.08 Å². The minimum atomic E-state index is -0.536. The van der Waals surface area contributed by atoms with Crippen molar-refractivity contribution < 1.29 is 4.79 Å². The fourth-order valence-corrected chi connectivity index (χ4v) is 1.20. The Balaban J connectivity index is 2.81. The summed E-state index contributed by atoms with van der Waals surface area (Å²) in [6, 6.07) is 8.85. The van der Waals surface area contributed by atoms with Crippen LogP contribution in [0.2, 0.25) is 0 Å². The fourth-order valence-electron chi connectivity index (χ4n) is 1.20. The van der Waals surface area contributed by atoms with Gasteiger partial charge in [0.2, 0.25) is 0 Å². The van der Waals surface area contributed by atoms with Crippen molar-refractivity contribution in [3.63, 3.8) is 0 Å². The van der Waals surface area contributed by atoms with Gasteiger partial charge in [-0.05, 0) is 25.5 Å². The maximum atomic E-state index is 11.6. The minimum Gasteiger partial charge on any atom is -0.318 e. The third-order valence-electron chi connectivity index (χ3n) is 1.90. The molecule has 0 bridgehead atoms. The number of ketones is 1. The molecule has 2 N–H and O–H groups in total. The maximum absolute atomic E-state index is 11.6. The van der Waals surface area contributed by atoms with Crippen LogP contribution >= 0.6 is 0 Å². The molecule has 74 valence electrons. The predicted molar refractivity (Wildman–Crippen MR) is 57.8 cm³/mol. The van der Waals surface area contributed by atoms with Gasteiger partial charge in [-0.1, -0.05) is 35.9 Å². The van der Waals surface area contributed by atoms with Gasteiger partial charge in [-0.15, -0.1) is 0 Å². The second-order valence-electron chi connectivity index (χ2n) is 3.51. The lowest BCUT2D eigenvalue weighted by Crippen LogP contribution is -2.19. The van der Waals surface area contributed by atoms with Crippen LogP contribution in [0.5, 0.6) is 0 Å². The van der Waals surface area contributed by atoms with E-state index in [0.29, 0.717) is 0 Å². The molecule has 0 aliphatic carbocycles. The molecule has 0 aromatic heterocycles. The summed E-state index contributed by atoms with van der Waals surface area (Å²) in [7, 11) is 0. The molecule has 1 rings (SSSR count). The number of nitrogens with two attached hydrogens (primary N) is 1. The molecule has 0 heterocycles. The Labute approximate surface area is 84.4 Å². The Morgan fingerprint density at radius 2 is 1.86 bits per heavy atom. The molecule has 0 saturated carbocycles. The van der Waals surface area contributed by atoms with Crippen LogP contribution in [0.4, 0.5) is 0 Å². The van der Waals surface area contributed by atoms with Gasteiger partial charge in [-0.25, -0.2) is 0 Å². The van der Waals surface area contributed by atoms with Crippen LogP contribution in [0.25, 0.3) is 0 Å². The van der Waals surface area contributed by atoms with E-state index >= 15 is 0 Å². The van der Waals surface area contributed by atoms with Gasteiger partial charge >= 0.3 is 0 Å². The largest absolute Gasteiger partial charge is 0.318 e. The van der Waals surface area contributed by atoms with Crippen LogP contribution < -0.4 is 5.73 Å². The summed E-state index contributed by atoms with van der Waals surface area (Å²) in [5.41, 5.74) is 7.62. The van der Waals surface area contributed by atoms with Crippen molar-refractivity contribution in [2.24, 2.45) is 5.73 Å². The fraction of sp³-hybridized carbons (Fsp3) is 0.250. The Morgan fingerprint density at radius 3 is 2.36 bits per heavy atom. The maximum Gasteiger partial charge on any atom is 0.176 e. The van der Waals surface area contributed by atoms with E-state index in [4.69, 9.17) is 5.73 Å².